The molecule has 1 aliphatic heterocycles. The van der Waals surface area contributed by atoms with Gasteiger partial charge in [-0.3, -0.25) is 4.79 Å². The van der Waals surface area contributed by atoms with E-state index < -0.39 is 0 Å². The average molecular weight is 268 g/mol. The molecule has 1 heterocycles. The zero-order valence-corrected chi connectivity index (χ0v) is 11.3. The molecule has 1 aliphatic rings. The SMILES string of the molecule is CCOc1ccc(C(=O)CC2CCNC2)cc1Cl. The van der Waals surface area contributed by atoms with Crippen LogP contribution in [0.1, 0.15) is 30.1 Å². The number of Topliss-reactive ketones (excluding diaryl/α,β-unsaturated/α-hetero) is 1. The molecule has 1 aromatic rings. The molecule has 0 aliphatic carbocycles. The molecule has 1 N–H and O–H groups in total. The van der Waals surface area contributed by atoms with Crippen LogP contribution in [0, 0.1) is 5.92 Å². The van der Waals surface area contributed by atoms with Crippen LogP contribution in [0.15, 0.2) is 18.2 Å². The van der Waals surface area contributed by atoms with E-state index in [2.05, 4.69) is 5.32 Å². The van der Waals surface area contributed by atoms with Crippen molar-refractivity contribution in [2.45, 2.75) is 19.8 Å². The Hall–Kier alpha value is -1.06. The molecule has 1 fully saturated rings. The number of benzene rings is 1. The lowest BCUT2D eigenvalue weighted by Gasteiger charge is -2.09. The summed E-state index contributed by atoms with van der Waals surface area (Å²) < 4.78 is 5.35. The average Bonchev–Trinajstić information content (AvgIpc) is 2.84. The summed E-state index contributed by atoms with van der Waals surface area (Å²) >= 11 is 6.08. The third-order valence-electron chi connectivity index (χ3n) is 3.19. The first-order chi connectivity index (χ1) is 8.70. The molecule has 0 aromatic heterocycles. The summed E-state index contributed by atoms with van der Waals surface area (Å²) in [6.07, 6.45) is 1.67. The summed E-state index contributed by atoms with van der Waals surface area (Å²) in [5.74, 6) is 1.26. The number of halogens is 1. The molecular formula is C14H18ClNO2. The van der Waals surface area contributed by atoms with Crippen LogP contribution in [-0.4, -0.2) is 25.5 Å². The predicted molar refractivity (Wildman–Crippen MR) is 72.5 cm³/mol. The second kappa shape index (κ2) is 6.21. The van der Waals surface area contributed by atoms with Crippen molar-refractivity contribution >= 4 is 17.4 Å². The summed E-state index contributed by atoms with van der Waals surface area (Å²) in [4.78, 5) is 12.1. The van der Waals surface area contributed by atoms with Crippen molar-refractivity contribution in [3.05, 3.63) is 28.8 Å². The van der Waals surface area contributed by atoms with E-state index in [4.69, 9.17) is 16.3 Å². The Labute approximate surface area is 112 Å². The number of hydrogen-bond acceptors (Lipinski definition) is 3. The maximum Gasteiger partial charge on any atom is 0.163 e. The predicted octanol–water partition coefficient (Wildman–Crippen LogP) is 2.92. The van der Waals surface area contributed by atoms with Crippen molar-refractivity contribution in [3.8, 4) is 5.75 Å². The van der Waals surface area contributed by atoms with Gasteiger partial charge in [0.1, 0.15) is 5.75 Å². The lowest BCUT2D eigenvalue weighted by atomic mass is 9.97. The summed E-state index contributed by atoms with van der Waals surface area (Å²) in [6.45, 7) is 4.43. The minimum atomic E-state index is 0.161. The third kappa shape index (κ3) is 3.24. The first-order valence-electron chi connectivity index (χ1n) is 6.37. The third-order valence-corrected chi connectivity index (χ3v) is 3.49. The number of rotatable bonds is 5. The molecule has 0 bridgehead atoms. The van der Waals surface area contributed by atoms with Crippen molar-refractivity contribution in [2.75, 3.05) is 19.7 Å². The van der Waals surface area contributed by atoms with Crippen LogP contribution >= 0.6 is 11.6 Å². The number of ketones is 1. The van der Waals surface area contributed by atoms with E-state index in [1.807, 2.05) is 6.92 Å². The van der Waals surface area contributed by atoms with Gasteiger partial charge in [0.05, 0.1) is 11.6 Å². The van der Waals surface area contributed by atoms with Crippen molar-refractivity contribution in [2.24, 2.45) is 5.92 Å². The molecular weight excluding hydrogens is 250 g/mol. The fraction of sp³-hybridized carbons (Fsp3) is 0.500. The topological polar surface area (TPSA) is 38.3 Å². The molecule has 1 atom stereocenters. The van der Waals surface area contributed by atoms with Gasteiger partial charge in [0.2, 0.25) is 0 Å². The van der Waals surface area contributed by atoms with Gasteiger partial charge in [-0.25, -0.2) is 0 Å². The first kappa shape index (κ1) is 13.4. The molecule has 3 nitrogen and oxygen atoms in total. The van der Waals surface area contributed by atoms with Gasteiger partial charge in [0, 0.05) is 12.0 Å². The van der Waals surface area contributed by atoms with Crippen molar-refractivity contribution in [3.63, 3.8) is 0 Å². The second-order valence-corrected chi connectivity index (χ2v) is 4.97. The molecule has 2 rings (SSSR count). The van der Waals surface area contributed by atoms with Crippen LogP contribution in [0.3, 0.4) is 0 Å². The fourth-order valence-electron chi connectivity index (χ4n) is 2.22. The molecule has 4 heteroatoms. The van der Waals surface area contributed by atoms with Gasteiger partial charge in [-0.05, 0) is 50.6 Å². The van der Waals surface area contributed by atoms with Gasteiger partial charge < -0.3 is 10.1 Å². The van der Waals surface area contributed by atoms with E-state index in [1.165, 1.54) is 0 Å². The van der Waals surface area contributed by atoms with Crippen molar-refractivity contribution in [1.29, 1.82) is 0 Å². The molecule has 0 saturated carbocycles. The second-order valence-electron chi connectivity index (χ2n) is 4.56. The quantitative estimate of drug-likeness (QED) is 0.834. The fourth-order valence-corrected chi connectivity index (χ4v) is 2.45. The Balaban J connectivity index is 2.03. The van der Waals surface area contributed by atoms with Crippen LogP contribution in [-0.2, 0) is 0 Å². The van der Waals surface area contributed by atoms with E-state index in [9.17, 15) is 4.79 Å². The zero-order valence-electron chi connectivity index (χ0n) is 10.5. The molecule has 0 radical (unpaired) electrons. The molecule has 1 unspecified atom stereocenters. The van der Waals surface area contributed by atoms with Gasteiger partial charge >= 0.3 is 0 Å². The lowest BCUT2D eigenvalue weighted by Crippen LogP contribution is -2.12. The highest BCUT2D eigenvalue weighted by atomic mass is 35.5. The van der Waals surface area contributed by atoms with E-state index in [-0.39, 0.29) is 5.78 Å². The van der Waals surface area contributed by atoms with Gasteiger partial charge in [-0.1, -0.05) is 11.6 Å². The smallest absolute Gasteiger partial charge is 0.163 e. The standard InChI is InChI=1S/C14H18ClNO2/c1-2-18-14-4-3-11(8-12(14)15)13(17)7-10-5-6-16-9-10/h3-4,8,10,16H,2,5-7,9H2,1H3. The number of carbonyl (C=O) groups excluding carboxylic acids is 1. The summed E-state index contributed by atoms with van der Waals surface area (Å²) in [6, 6.07) is 5.27. The monoisotopic (exact) mass is 267 g/mol. The highest BCUT2D eigenvalue weighted by Gasteiger charge is 2.19. The minimum Gasteiger partial charge on any atom is -0.492 e. The summed E-state index contributed by atoms with van der Waals surface area (Å²) in [7, 11) is 0. The van der Waals surface area contributed by atoms with Crippen LogP contribution in [0.25, 0.3) is 0 Å². The Morgan fingerprint density at radius 2 is 2.39 bits per heavy atom. The number of carbonyl (C=O) groups is 1. The molecule has 0 spiro atoms. The Bertz CT molecular complexity index is 428. The Morgan fingerprint density at radius 3 is 3.00 bits per heavy atom. The highest BCUT2D eigenvalue weighted by Crippen LogP contribution is 2.26. The van der Waals surface area contributed by atoms with Gasteiger partial charge in [-0.15, -0.1) is 0 Å². The minimum absolute atomic E-state index is 0.161. The van der Waals surface area contributed by atoms with Crippen LogP contribution in [0.5, 0.6) is 5.75 Å². The summed E-state index contributed by atoms with van der Waals surface area (Å²) in [5, 5.41) is 3.77. The van der Waals surface area contributed by atoms with E-state index in [0.29, 0.717) is 35.3 Å². The molecule has 18 heavy (non-hydrogen) atoms. The highest BCUT2D eigenvalue weighted by molar-refractivity contribution is 6.32. The van der Waals surface area contributed by atoms with Gasteiger partial charge in [0.15, 0.2) is 5.78 Å². The Kier molecular flexibility index (Phi) is 4.61. The summed E-state index contributed by atoms with van der Waals surface area (Å²) in [5.41, 5.74) is 0.676. The zero-order chi connectivity index (χ0) is 13.0. The maximum atomic E-state index is 12.1. The normalized spacial score (nSPS) is 18.9. The van der Waals surface area contributed by atoms with E-state index in [0.717, 1.165) is 19.5 Å². The largest absolute Gasteiger partial charge is 0.492 e. The number of hydrogen-bond donors (Lipinski definition) is 1. The maximum absolute atomic E-state index is 12.1. The van der Waals surface area contributed by atoms with E-state index >= 15 is 0 Å². The first-order valence-corrected chi connectivity index (χ1v) is 6.74. The van der Waals surface area contributed by atoms with Crippen LogP contribution < -0.4 is 10.1 Å². The molecule has 98 valence electrons. The molecule has 1 saturated heterocycles. The van der Waals surface area contributed by atoms with E-state index in [1.54, 1.807) is 18.2 Å². The van der Waals surface area contributed by atoms with Crippen LogP contribution in [0.2, 0.25) is 5.02 Å². The van der Waals surface area contributed by atoms with Crippen LogP contribution in [0.4, 0.5) is 0 Å². The molecule has 1 aromatic carbocycles. The van der Waals surface area contributed by atoms with Crippen molar-refractivity contribution in [1.82, 2.24) is 5.32 Å². The molecule has 0 amide bonds. The Morgan fingerprint density at radius 1 is 1.56 bits per heavy atom. The lowest BCUT2D eigenvalue weighted by molar-refractivity contribution is 0.0964. The number of nitrogens with one attached hydrogen (secondary N) is 1. The van der Waals surface area contributed by atoms with Crippen molar-refractivity contribution < 1.29 is 9.53 Å². The van der Waals surface area contributed by atoms with Gasteiger partial charge in [-0.2, -0.15) is 0 Å². The van der Waals surface area contributed by atoms with Gasteiger partial charge in [0.25, 0.3) is 0 Å². The number of ether oxygens (including phenoxy) is 1.